The van der Waals surface area contributed by atoms with E-state index >= 15 is 0 Å². The number of piperidine rings is 1. The first-order chi connectivity index (χ1) is 5.47. The minimum absolute atomic E-state index is 0.257. The second-order valence-corrected chi connectivity index (χ2v) is 6.13. The minimum atomic E-state index is -1.93. The van der Waals surface area contributed by atoms with Crippen molar-refractivity contribution in [1.82, 2.24) is 5.01 Å². The quantitative estimate of drug-likeness (QED) is 0.596. The van der Waals surface area contributed by atoms with Crippen LogP contribution in [0.1, 0.15) is 12.8 Å². The smallest absolute Gasteiger partial charge is 0.0619 e. The number of nitrogens with two attached hydrogens (primary N) is 1. The molecule has 0 saturated carbocycles. The van der Waals surface area contributed by atoms with Gasteiger partial charge in [-0.3, -0.25) is 10.1 Å². The standard InChI is InChI=1S/C7H17N3OS/c1-12(2,11)9-7-3-5-10(8)6-4-7/h7H,3-6,8H2,1-2H3. The Morgan fingerprint density at radius 1 is 1.42 bits per heavy atom. The van der Waals surface area contributed by atoms with E-state index in [1.807, 2.05) is 0 Å². The molecular formula is C7H17N3OS. The molecule has 1 heterocycles. The summed E-state index contributed by atoms with van der Waals surface area (Å²) in [5.74, 6) is 5.58. The van der Waals surface area contributed by atoms with Gasteiger partial charge in [0.2, 0.25) is 0 Å². The number of nitrogens with zero attached hydrogens (tertiary/aromatic N) is 2. The third-order valence-corrected chi connectivity index (χ3v) is 2.71. The van der Waals surface area contributed by atoms with Gasteiger partial charge in [0.05, 0.1) is 6.04 Å². The zero-order valence-electron chi connectivity index (χ0n) is 7.69. The van der Waals surface area contributed by atoms with Crippen molar-refractivity contribution in [2.45, 2.75) is 18.9 Å². The van der Waals surface area contributed by atoms with Gasteiger partial charge >= 0.3 is 0 Å². The SMILES string of the molecule is CS(C)(=O)=NC1CCN(N)CC1. The van der Waals surface area contributed by atoms with Crippen molar-refractivity contribution in [3.05, 3.63) is 0 Å². The molecule has 2 N–H and O–H groups in total. The summed E-state index contributed by atoms with van der Waals surface area (Å²) < 4.78 is 15.6. The van der Waals surface area contributed by atoms with E-state index in [1.54, 1.807) is 17.5 Å². The molecule has 0 unspecified atom stereocenters. The average Bonchev–Trinajstić information content (AvgIpc) is 1.91. The molecule has 5 heteroatoms. The van der Waals surface area contributed by atoms with E-state index in [4.69, 9.17) is 5.84 Å². The van der Waals surface area contributed by atoms with Crippen molar-refractivity contribution in [2.75, 3.05) is 25.6 Å². The molecular weight excluding hydrogens is 174 g/mol. The van der Waals surface area contributed by atoms with Crippen molar-refractivity contribution in [1.29, 1.82) is 0 Å². The van der Waals surface area contributed by atoms with Gasteiger partial charge in [0.15, 0.2) is 0 Å². The molecule has 0 spiro atoms. The molecule has 1 saturated heterocycles. The molecule has 4 nitrogen and oxygen atoms in total. The molecule has 0 aromatic heterocycles. The maximum atomic E-state index is 11.3. The summed E-state index contributed by atoms with van der Waals surface area (Å²) in [5.41, 5.74) is 0. The Hall–Kier alpha value is -0.130. The summed E-state index contributed by atoms with van der Waals surface area (Å²) in [5, 5.41) is 1.79. The highest BCUT2D eigenvalue weighted by molar-refractivity contribution is 7.92. The van der Waals surface area contributed by atoms with E-state index < -0.39 is 9.73 Å². The molecule has 0 amide bonds. The summed E-state index contributed by atoms with van der Waals surface area (Å²) in [6, 6.07) is 0.257. The topological polar surface area (TPSA) is 58.7 Å². The molecule has 1 rings (SSSR count). The van der Waals surface area contributed by atoms with Gasteiger partial charge < -0.3 is 0 Å². The van der Waals surface area contributed by atoms with Crippen LogP contribution in [0.25, 0.3) is 0 Å². The number of hydrogen-bond acceptors (Lipinski definition) is 4. The highest BCUT2D eigenvalue weighted by Gasteiger charge is 2.16. The van der Waals surface area contributed by atoms with E-state index in [-0.39, 0.29) is 6.04 Å². The summed E-state index contributed by atoms with van der Waals surface area (Å²) in [4.78, 5) is 0. The summed E-state index contributed by atoms with van der Waals surface area (Å²) in [7, 11) is -1.93. The fourth-order valence-corrected chi connectivity index (χ4v) is 2.28. The summed E-state index contributed by atoms with van der Waals surface area (Å²) in [6.07, 6.45) is 5.24. The van der Waals surface area contributed by atoms with Crippen LogP contribution in [0.2, 0.25) is 0 Å². The van der Waals surface area contributed by atoms with Gasteiger partial charge in [0.1, 0.15) is 0 Å². The lowest BCUT2D eigenvalue weighted by molar-refractivity contribution is 0.219. The lowest BCUT2D eigenvalue weighted by atomic mass is 10.1. The first-order valence-corrected chi connectivity index (χ1v) is 6.46. The Kier molecular flexibility index (Phi) is 3.09. The van der Waals surface area contributed by atoms with Crippen LogP contribution in [0.3, 0.4) is 0 Å². The Balaban J connectivity index is 2.52. The molecule has 0 aliphatic carbocycles. The zero-order valence-corrected chi connectivity index (χ0v) is 8.51. The molecule has 12 heavy (non-hydrogen) atoms. The molecule has 1 aliphatic heterocycles. The lowest BCUT2D eigenvalue weighted by Crippen LogP contribution is -2.40. The Labute approximate surface area is 74.3 Å². The first kappa shape index (κ1) is 9.95. The van der Waals surface area contributed by atoms with Crippen molar-refractivity contribution in [3.63, 3.8) is 0 Å². The van der Waals surface area contributed by atoms with E-state index in [0.29, 0.717) is 0 Å². The van der Waals surface area contributed by atoms with Gasteiger partial charge in [-0.2, -0.15) is 0 Å². The summed E-state index contributed by atoms with van der Waals surface area (Å²) >= 11 is 0. The molecule has 72 valence electrons. The van der Waals surface area contributed by atoms with Crippen molar-refractivity contribution in [2.24, 2.45) is 10.2 Å². The minimum Gasteiger partial charge on any atom is -0.269 e. The zero-order chi connectivity index (χ0) is 9.19. The first-order valence-electron chi connectivity index (χ1n) is 4.13. The number of rotatable bonds is 1. The Bertz CT molecular complexity index is 241. The van der Waals surface area contributed by atoms with Gasteiger partial charge in [0.25, 0.3) is 0 Å². The van der Waals surface area contributed by atoms with E-state index in [1.165, 1.54) is 0 Å². The molecule has 0 atom stereocenters. The Morgan fingerprint density at radius 2 is 1.92 bits per heavy atom. The molecule has 1 aliphatic rings. The van der Waals surface area contributed by atoms with Crippen molar-refractivity contribution >= 4 is 9.73 Å². The van der Waals surface area contributed by atoms with Crippen LogP contribution in [0.5, 0.6) is 0 Å². The highest BCUT2D eigenvalue weighted by Crippen LogP contribution is 2.12. The van der Waals surface area contributed by atoms with Crippen molar-refractivity contribution < 1.29 is 4.21 Å². The second-order valence-electron chi connectivity index (χ2n) is 3.55. The largest absolute Gasteiger partial charge is 0.269 e. The molecule has 1 fully saturated rings. The number of hydrogen-bond donors (Lipinski definition) is 1. The van der Waals surface area contributed by atoms with E-state index in [0.717, 1.165) is 25.9 Å². The average molecular weight is 191 g/mol. The maximum Gasteiger partial charge on any atom is 0.0619 e. The van der Waals surface area contributed by atoms with Gasteiger partial charge in [-0.25, -0.2) is 9.37 Å². The van der Waals surface area contributed by atoms with Crippen LogP contribution < -0.4 is 5.84 Å². The second kappa shape index (κ2) is 3.72. The van der Waals surface area contributed by atoms with Crippen LogP contribution in [-0.2, 0) is 9.73 Å². The van der Waals surface area contributed by atoms with Crippen LogP contribution in [0.15, 0.2) is 4.36 Å². The van der Waals surface area contributed by atoms with Crippen LogP contribution in [0.4, 0.5) is 0 Å². The molecule has 0 aromatic rings. The van der Waals surface area contributed by atoms with Gasteiger partial charge in [-0.05, 0) is 12.8 Å². The maximum absolute atomic E-state index is 11.3. The third kappa shape index (κ3) is 3.51. The normalized spacial score (nSPS) is 22.6. The van der Waals surface area contributed by atoms with Crippen molar-refractivity contribution in [3.8, 4) is 0 Å². The van der Waals surface area contributed by atoms with E-state index in [2.05, 4.69) is 4.36 Å². The predicted molar refractivity (Wildman–Crippen MR) is 51.2 cm³/mol. The monoisotopic (exact) mass is 191 g/mol. The van der Waals surface area contributed by atoms with Gasteiger partial charge in [-0.1, -0.05) is 0 Å². The fourth-order valence-electron chi connectivity index (χ4n) is 1.35. The fraction of sp³-hybridized carbons (Fsp3) is 1.00. The molecule has 0 aromatic carbocycles. The molecule has 0 radical (unpaired) electrons. The van der Waals surface area contributed by atoms with Crippen LogP contribution in [-0.4, -0.2) is 40.9 Å². The predicted octanol–water partition coefficient (Wildman–Crippen LogP) is 0.0521. The highest BCUT2D eigenvalue weighted by atomic mass is 32.2. The number of hydrazine groups is 1. The lowest BCUT2D eigenvalue weighted by Gasteiger charge is -2.26. The third-order valence-electron chi connectivity index (χ3n) is 1.90. The van der Waals surface area contributed by atoms with Crippen LogP contribution >= 0.6 is 0 Å². The van der Waals surface area contributed by atoms with Gasteiger partial charge in [0, 0.05) is 35.3 Å². The van der Waals surface area contributed by atoms with E-state index in [9.17, 15) is 4.21 Å². The molecule has 0 bridgehead atoms. The van der Waals surface area contributed by atoms with Crippen LogP contribution in [0, 0.1) is 0 Å². The van der Waals surface area contributed by atoms with Gasteiger partial charge in [-0.15, -0.1) is 0 Å². The Morgan fingerprint density at radius 3 is 2.33 bits per heavy atom. The summed E-state index contributed by atoms with van der Waals surface area (Å²) in [6.45, 7) is 1.73.